The molecule has 1 atom stereocenters. The number of benzene rings is 1. The Labute approximate surface area is 114 Å². The van der Waals surface area contributed by atoms with Gasteiger partial charge < -0.3 is 14.2 Å². The van der Waals surface area contributed by atoms with Crippen molar-refractivity contribution in [1.82, 2.24) is 0 Å². The van der Waals surface area contributed by atoms with Crippen LogP contribution in [0.4, 0.5) is 0 Å². The highest BCUT2D eigenvalue weighted by molar-refractivity contribution is 5.89. The number of methoxy groups -OCH3 is 1. The van der Waals surface area contributed by atoms with Crippen molar-refractivity contribution >= 4 is 5.97 Å². The zero-order valence-electron chi connectivity index (χ0n) is 11.8. The van der Waals surface area contributed by atoms with Crippen molar-refractivity contribution in [2.45, 2.75) is 32.8 Å². The van der Waals surface area contributed by atoms with E-state index in [-0.39, 0.29) is 5.97 Å². The van der Waals surface area contributed by atoms with Crippen LogP contribution in [0.25, 0.3) is 0 Å². The summed E-state index contributed by atoms with van der Waals surface area (Å²) in [6.07, 6.45) is 2.18. The van der Waals surface area contributed by atoms with E-state index >= 15 is 0 Å². The van der Waals surface area contributed by atoms with E-state index in [0.29, 0.717) is 24.9 Å². The molecular weight excluding hydrogens is 244 g/mol. The van der Waals surface area contributed by atoms with Crippen LogP contribution in [0.2, 0.25) is 0 Å². The Balaban J connectivity index is 2.25. The lowest BCUT2D eigenvalue weighted by molar-refractivity contribution is 0.0554. The average molecular weight is 266 g/mol. The molecule has 0 saturated carbocycles. The predicted molar refractivity (Wildman–Crippen MR) is 73.6 cm³/mol. The van der Waals surface area contributed by atoms with Crippen LogP contribution >= 0.6 is 0 Å². The highest BCUT2D eigenvalue weighted by Gasteiger charge is 2.04. The lowest BCUT2D eigenvalue weighted by Crippen LogP contribution is -2.10. The van der Waals surface area contributed by atoms with E-state index in [0.717, 1.165) is 18.6 Å². The standard InChI is InChI=1S/C15H22O4/c1-4-12(2)18-10-5-11-19-14-8-6-13(7-9-14)15(16)17-3/h6-9,12H,4-5,10-11H2,1-3H3. The molecule has 1 unspecified atom stereocenters. The number of hydrogen-bond acceptors (Lipinski definition) is 4. The fraction of sp³-hybridized carbons (Fsp3) is 0.533. The van der Waals surface area contributed by atoms with Crippen LogP contribution < -0.4 is 4.74 Å². The molecule has 0 heterocycles. The van der Waals surface area contributed by atoms with Crippen LogP contribution in [-0.2, 0) is 9.47 Å². The van der Waals surface area contributed by atoms with Crippen LogP contribution in [0.3, 0.4) is 0 Å². The van der Waals surface area contributed by atoms with Gasteiger partial charge in [0.15, 0.2) is 0 Å². The van der Waals surface area contributed by atoms with Gasteiger partial charge in [-0.3, -0.25) is 0 Å². The van der Waals surface area contributed by atoms with E-state index < -0.39 is 0 Å². The van der Waals surface area contributed by atoms with Crippen LogP contribution in [0, 0.1) is 0 Å². The first-order valence-corrected chi connectivity index (χ1v) is 6.60. The maximum Gasteiger partial charge on any atom is 0.337 e. The van der Waals surface area contributed by atoms with Gasteiger partial charge in [0.25, 0.3) is 0 Å². The Hall–Kier alpha value is -1.55. The van der Waals surface area contributed by atoms with Crippen molar-refractivity contribution in [3.05, 3.63) is 29.8 Å². The highest BCUT2D eigenvalue weighted by atomic mass is 16.5. The number of hydrogen-bond donors (Lipinski definition) is 0. The molecule has 0 amide bonds. The van der Waals surface area contributed by atoms with Crippen molar-refractivity contribution in [1.29, 1.82) is 0 Å². The van der Waals surface area contributed by atoms with E-state index in [4.69, 9.17) is 9.47 Å². The quantitative estimate of drug-likeness (QED) is 0.536. The number of carbonyl (C=O) groups is 1. The Morgan fingerprint density at radius 1 is 1.21 bits per heavy atom. The van der Waals surface area contributed by atoms with Crippen LogP contribution in [0.5, 0.6) is 5.75 Å². The average Bonchev–Trinajstić information content (AvgIpc) is 2.46. The second-order valence-electron chi connectivity index (χ2n) is 4.31. The SMILES string of the molecule is CCC(C)OCCCOc1ccc(C(=O)OC)cc1. The van der Waals surface area contributed by atoms with Crippen LogP contribution in [0.1, 0.15) is 37.0 Å². The van der Waals surface area contributed by atoms with Crippen LogP contribution in [0.15, 0.2) is 24.3 Å². The monoisotopic (exact) mass is 266 g/mol. The molecule has 1 rings (SSSR count). The van der Waals surface area contributed by atoms with Crippen molar-refractivity contribution in [2.24, 2.45) is 0 Å². The molecule has 0 aliphatic rings. The molecule has 1 aromatic rings. The Morgan fingerprint density at radius 2 is 1.89 bits per heavy atom. The molecule has 0 radical (unpaired) electrons. The summed E-state index contributed by atoms with van der Waals surface area (Å²) >= 11 is 0. The van der Waals surface area contributed by atoms with Crippen molar-refractivity contribution < 1.29 is 19.0 Å². The van der Waals surface area contributed by atoms with Gasteiger partial charge in [-0.05, 0) is 37.6 Å². The number of esters is 1. The van der Waals surface area contributed by atoms with E-state index in [1.807, 2.05) is 0 Å². The third-order valence-corrected chi connectivity index (χ3v) is 2.81. The second kappa shape index (κ2) is 8.53. The van der Waals surface area contributed by atoms with E-state index in [1.54, 1.807) is 24.3 Å². The minimum Gasteiger partial charge on any atom is -0.494 e. The summed E-state index contributed by atoms with van der Waals surface area (Å²) in [7, 11) is 1.37. The minimum atomic E-state index is -0.339. The molecule has 0 spiro atoms. The van der Waals surface area contributed by atoms with Gasteiger partial charge in [0.1, 0.15) is 5.75 Å². The fourth-order valence-electron chi connectivity index (χ4n) is 1.46. The van der Waals surface area contributed by atoms with Crippen molar-refractivity contribution in [3.63, 3.8) is 0 Å². The molecule has 4 heteroatoms. The Bertz CT molecular complexity index is 372. The van der Waals surface area contributed by atoms with Crippen LogP contribution in [-0.4, -0.2) is 32.4 Å². The first-order valence-electron chi connectivity index (χ1n) is 6.60. The van der Waals surface area contributed by atoms with E-state index in [9.17, 15) is 4.79 Å². The lowest BCUT2D eigenvalue weighted by Gasteiger charge is -2.11. The zero-order chi connectivity index (χ0) is 14.1. The van der Waals surface area contributed by atoms with Gasteiger partial charge in [-0.15, -0.1) is 0 Å². The molecule has 0 N–H and O–H groups in total. The number of carbonyl (C=O) groups excluding carboxylic acids is 1. The van der Waals surface area contributed by atoms with Gasteiger partial charge in [-0.2, -0.15) is 0 Å². The summed E-state index contributed by atoms with van der Waals surface area (Å²) in [5, 5.41) is 0. The number of rotatable bonds is 8. The summed E-state index contributed by atoms with van der Waals surface area (Å²) in [4.78, 5) is 11.2. The smallest absolute Gasteiger partial charge is 0.337 e. The van der Waals surface area contributed by atoms with Gasteiger partial charge in [-0.1, -0.05) is 6.92 Å². The van der Waals surface area contributed by atoms with Gasteiger partial charge >= 0.3 is 5.97 Å². The molecule has 19 heavy (non-hydrogen) atoms. The first-order chi connectivity index (χ1) is 9.17. The van der Waals surface area contributed by atoms with E-state index in [2.05, 4.69) is 18.6 Å². The topological polar surface area (TPSA) is 44.8 Å². The normalized spacial score (nSPS) is 11.9. The molecule has 106 valence electrons. The number of ether oxygens (including phenoxy) is 3. The maximum atomic E-state index is 11.2. The predicted octanol–water partition coefficient (Wildman–Crippen LogP) is 3.06. The van der Waals surface area contributed by atoms with Gasteiger partial charge in [0.05, 0.1) is 32.0 Å². The third kappa shape index (κ3) is 5.75. The summed E-state index contributed by atoms with van der Waals surface area (Å²) < 4.78 is 15.7. The first kappa shape index (κ1) is 15.5. The molecule has 4 nitrogen and oxygen atoms in total. The Morgan fingerprint density at radius 3 is 2.47 bits per heavy atom. The summed E-state index contributed by atoms with van der Waals surface area (Å²) in [6.45, 7) is 5.47. The van der Waals surface area contributed by atoms with Gasteiger partial charge in [0.2, 0.25) is 0 Å². The summed E-state index contributed by atoms with van der Waals surface area (Å²) in [6, 6.07) is 6.91. The molecule has 0 aliphatic carbocycles. The van der Waals surface area contributed by atoms with Gasteiger partial charge in [0, 0.05) is 6.42 Å². The lowest BCUT2D eigenvalue weighted by atomic mass is 10.2. The molecule has 0 aliphatic heterocycles. The fourth-order valence-corrected chi connectivity index (χ4v) is 1.46. The molecule has 1 aromatic carbocycles. The van der Waals surface area contributed by atoms with E-state index in [1.165, 1.54) is 7.11 Å². The molecule has 0 aromatic heterocycles. The highest BCUT2D eigenvalue weighted by Crippen LogP contribution is 2.13. The Kier molecular flexibility index (Phi) is 6.97. The van der Waals surface area contributed by atoms with Crippen molar-refractivity contribution in [2.75, 3.05) is 20.3 Å². The summed E-state index contributed by atoms with van der Waals surface area (Å²) in [5.41, 5.74) is 0.523. The summed E-state index contributed by atoms with van der Waals surface area (Å²) in [5.74, 6) is 0.407. The largest absolute Gasteiger partial charge is 0.494 e. The molecule has 0 fully saturated rings. The zero-order valence-corrected chi connectivity index (χ0v) is 11.8. The molecule has 0 bridgehead atoms. The third-order valence-electron chi connectivity index (χ3n) is 2.81. The minimum absolute atomic E-state index is 0.305. The second-order valence-corrected chi connectivity index (χ2v) is 4.31. The molecular formula is C15H22O4. The molecule has 0 saturated heterocycles. The van der Waals surface area contributed by atoms with Crippen molar-refractivity contribution in [3.8, 4) is 5.75 Å². The van der Waals surface area contributed by atoms with Gasteiger partial charge in [-0.25, -0.2) is 4.79 Å². The maximum absolute atomic E-state index is 11.2.